The largest absolute Gasteiger partial charge is 0.214 e. The molecule has 3 nitrogen and oxygen atoms in total. The van der Waals surface area contributed by atoms with E-state index in [4.69, 9.17) is 0 Å². The van der Waals surface area contributed by atoms with E-state index in [-0.39, 0.29) is 0 Å². The molecule has 16 heavy (non-hydrogen) atoms. The second-order valence-corrected chi connectivity index (χ2v) is 7.87. The zero-order chi connectivity index (χ0) is 11.6. The van der Waals surface area contributed by atoms with Crippen molar-refractivity contribution >= 4 is 26.0 Å². The number of piperidine rings is 1. The Kier molecular flexibility index (Phi) is 4.30. The van der Waals surface area contributed by atoms with Crippen LogP contribution in [-0.4, -0.2) is 36.9 Å². The van der Waals surface area contributed by atoms with Gasteiger partial charge in [-0.05, 0) is 43.9 Å². The molecule has 5 heteroatoms. The zero-order valence-electron chi connectivity index (χ0n) is 9.57. The van der Waals surface area contributed by atoms with Gasteiger partial charge in [-0.1, -0.05) is 15.9 Å². The summed E-state index contributed by atoms with van der Waals surface area (Å²) in [7, 11) is -2.95. The highest BCUT2D eigenvalue weighted by Gasteiger charge is 2.34. The molecular formula is C11H20BrNO2S. The lowest BCUT2D eigenvalue weighted by molar-refractivity contribution is 0.262. The predicted molar refractivity (Wildman–Crippen MR) is 69.2 cm³/mol. The Hall–Kier alpha value is 0.390. The van der Waals surface area contributed by atoms with Crippen LogP contribution in [0.15, 0.2) is 0 Å². The number of nitrogens with zero attached hydrogens (tertiary/aromatic N) is 1. The van der Waals surface area contributed by atoms with Crippen LogP contribution in [0.1, 0.15) is 32.1 Å². The zero-order valence-corrected chi connectivity index (χ0v) is 12.0. The normalized spacial score (nSPS) is 28.2. The minimum atomic E-state index is -2.95. The lowest BCUT2D eigenvalue weighted by Crippen LogP contribution is -2.41. The molecule has 1 aliphatic heterocycles. The summed E-state index contributed by atoms with van der Waals surface area (Å²) in [4.78, 5) is 0. The Bertz CT molecular complexity index is 325. The first-order valence-electron chi connectivity index (χ1n) is 6.15. The van der Waals surface area contributed by atoms with Crippen LogP contribution in [0.2, 0.25) is 0 Å². The molecule has 1 aliphatic carbocycles. The van der Waals surface area contributed by atoms with Crippen LogP contribution in [-0.2, 0) is 10.0 Å². The molecular weight excluding hydrogens is 290 g/mol. The minimum Gasteiger partial charge on any atom is -0.212 e. The minimum absolute atomic E-state index is 0.397. The van der Waals surface area contributed by atoms with Gasteiger partial charge in [0.1, 0.15) is 0 Å². The molecule has 0 amide bonds. The third-order valence-corrected chi connectivity index (χ3v) is 6.00. The summed E-state index contributed by atoms with van der Waals surface area (Å²) in [5.41, 5.74) is 0. The topological polar surface area (TPSA) is 37.4 Å². The van der Waals surface area contributed by atoms with Gasteiger partial charge < -0.3 is 0 Å². The van der Waals surface area contributed by atoms with Gasteiger partial charge in [-0.15, -0.1) is 0 Å². The Morgan fingerprint density at radius 2 is 1.94 bits per heavy atom. The van der Waals surface area contributed by atoms with E-state index in [1.165, 1.54) is 6.42 Å². The molecule has 2 rings (SSSR count). The van der Waals surface area contributed by atoms with Gasteiger partial charge in [-0.2, -0.15) is 0 Å². The molecule has 2 aliphatic rings. The van der Waals surface area contributed by atoms with Crippen LogP contribution in [0.25, 0.3) is 0 Å². The standard InChI is InChI=1S/C11H20BrNO2S/c12-6-5-10-2-1-7-13(8-10)16(14,15)9-11-3-4-11/h10-11H,1-9H2. The van der Waals surface area contributed by atoms with E-state index >= 15 is 0 Å². The van der Waals surface area contributed by atoms with E-state index in [9.17, 15) is 8.42 Å². The monoisotopic (exact) mass is 309 g/mol. The molecule has 0 bridgehead atoms. The fourth-order valence-electron chi connectivity index (χ4n) is 2.36. The number of hydrogen-bond donors (Lipinski definition) is 0. The third-order valence-electron chi connectivity index (χ3n) is 3.54. The van der Waals surface area contributed by atoms with Gasteiger partial charge in [0.05, 0.1) is 5.75 Å². The predicted octanol–water partition coefficient (Wildman–Crippen LogP) is 2.22. The maximum atomic E-state index is 12.1. The third kappa shape index (κ3) is 3.44. The highest BCUT2D eigenvalue weighted by Crippen LogP contribution is 2.32. The van der Waals surface area contributed by atoms with Crippen molar-refractivity contribution in [2.45, 2.75) is 32.1 Å². The first-order chi connectivity index (χ1) is 7.62. The molecule has 1 heterocycles. The van der Waals surface area contributed by atoms with E-state index in [0.29, 0.717) is 17.6 Å². The van der Waals surface area contributed by atoms with Gasteiger partial charge >= 0.3 is 0 Å². The molecule has 0 radical (unpaired) electrons. The molecule has 1 saturated heterocycles. The summed E-state index contributed by atoms with van der Waals surface area (Å²) in [5, 5.41) is 0.980. The number of halogens is 1. The maximum absolute atomic E-state index is 12.1. The van der Waals surface area contributed by atoms with Crippen LogP contribution in [0.5, 0.6) is 0 Å². The molecule has 0 spiro atoms. The van der Waals surface area contributed by atoms with Crippen molar-refractivity contribution in [2.24, 2.45) is 11.8 Å². The fraction of sp³-hybridized carbons (Fsp3) is 1.00. The summed E-state index contributed by atoms with van der Waals surface area (Å²) in [6, 6.07) is 0. The molecule has 0 aromatic rings. The lowest BCUT2D eigenvalue weighted by Gasteiger charge is -2.31. The van der Waals surface area contributed by atoms with Gasteiger partial charge in [0.15, 0.2) is 0 Å². The highest BCUT2D eigenvalue weighted by atomic mass is 79.9. The van der Waals surface area contributed by atoms with Crippen LogP contribution in [0.4, 0.5) is 0 Å². The first-order valence-corrected chi connectivity index (χ1v) is 8.88. The van der Waals surface area contributed by atoms with E-state index in [2.05, 4.69) is 15.9 Å². The van der Waals surface area contributed by atoms with Crippen LogP contribution >= 0.6 is 15.9 Å². The molecule has 1 atom stereocenters. The average Bonchev–Trinajstić information content (AvgIpc) is 3.02. The van der Waals surface area contributed by atoms with Crippen LogP contribution in [0, 0.1) is 11.8 Å². The van der Waals surface area contributed by atoms with Crippen molar-refractivity contribution in [3.63, 3.8) is 0 Å². The molecule has 0 aromatic carbocycles. The molecule has 0 aromatic heterocycles. The molecule has 1 unspecified atom stereocenters. The summed E-state index contributed by atoms with van der Waals surface area (Å²) in [6.07, 6.45) is 5.52. The summed E-state index contributed by atoms with van der Waals surface area (Å²) >= 11 is 3.44. The van der Waals surface area contributed by atoms with Gasteiger partial charge in [0.2, 0.25) is 10.0 Å². The second-order valence-electron chi connectivity index (χ2n) is 5.07. The van der Waals surface area contributed by atoms with E-state index in [1.54, 1.807) is 4.31 Å². The average molecular weight is 310 g/mol. The Labute approximate surface area is 107 Å². The van der Waals surface area contributed by atoms with Crippen molar-refractivity contribution in [1.29, 1.82) is 0 Å². The lowest BCUT2D eigenvalue weighted by atomic mass is 9.97. The maximum Gasteiger partial charge on any atom is 0.214 e. The fourth-order valence-corrected chi connectivity index (χ4v) is 4.99. The second kappa shape index (κ2) is 5.36. The van der Waals surface area contributed by atoms with Crippen molar-refractivity contribution in [3.8, 4) is 0 Å². The molecule has 1 saturated carbocycles. The number of sulfonamides is 1. The summed E-state index contributed by atoms with van der Waals surface area (Å²) < 4.78 is 25.9. The smallest absolute Gasteiger partial charge is 0.212 e. The highest BCUT2D eigenvalue weighted by molar-refractivity contribution is 9.09. The van der Waals surface area contributed by atoms with Gasteiger partial charge in [0, 0.05) is 18.4 Å². The van der Waals surface area contributed by atoms with Gasteiger partial charge in [0.25, 0.3) is 0 Å². The molecule has 0 N–H and O–H groups in total. The SMILES string of the molecule is O=S(=O)(CC1CC1)N1CCCC(CCBr)C1. The molecule has 94 valence electrons. The summed E-state index contributed by atoms with van der Waals surface area (Å²) in [6.45, 7) is 1.49. The van der Waals surface area contributed by atoms with E-state index < -0.39 is 10.0 Å². The first kappa shape index (κ1) is 12.8. The van der Waals surface area contributed by atoms with Crippen LogP contribution < -0.4 is 0 Å². The quantitative estimate of drug-likeness (QED) is 0.730. The Morgan fingerprint density at radius 3 is 2.56 bits per heavy atom. The Morgan fingerprint density at radius 1 is 1.19 bits per heavy atom. The van der Waals surface area contributed by atoms with Gasteiger partial charge in [-0.3, -0.25) is 0 Å². The van der Waals surface area contributed by atoms with Crippen molar-refractivity contribution in [3.05, 3.63) is 0 Å². The molecule has 2 fully saturated rings. The number of hydrogen-bond acceptors (Lipinski definition) is 2. The van der Waals surface area contributed by atoms with Gasteiger partial charge in [-0.25, -0.2) is 12.7 Å². The summed E-state index contributed by atoms with van der Waals surface area (Å²) in [5.74, 6) is 1.41. The van der Waals surface area contributed by atoms with E-state index in [0.717, 1.165) is 44.1 Å². The van der Waals surface area contributed by atoms with Crippen molar-refractivity contribution in [1.82, 2.24) is 4.31 Å². The van der Waals surface area contributed by atoms with E-state index in [1.807, 2.05) is 0 Å². The van der Waals surface area contributed by atoms with Crippen LogP contribution in [0.3, 0.4) is 0 Å². The number of rotatable bonds is 5. The Balaban J connectivity index is 1.91. The van der Waals surface area contributed by atoms with Crippen molar-refractivity contribution < 1.29 is 8.42 Å². The number of alkyl halides is 1. The van der Waals surface area contributed by atoms with Crippen molar-refractivity contribution in [2.75, 3.05) is 24.2 Å².